The molecule has 0 amide bonds. The molecule has 0 radical (unpaired) electrons. The Hall–Kier alpha value is -0.490. The maximum absolute atomic E-state index is 12.2. The third-order valence-electron chi connectivity index (χ3n) is 2.64. The minimum Gasteiger partial charge on any atom is -0.463 e. The molecule has 0 aromatic carbocycles. The lowest BCUT2D eigenvalue weighted by atomic mass is 9.74. The van der Waals surface area contributed by atoms with E-state index in [2.05, 4.69) is 4.52 Å². The number of halogens is 1. The predicted molar refractivity (Wildman–Crippen MR) is 73.7 cm³/mol. The second-order valence-corrected chi connectivity index (χ2v) is 7.72. The Balaban J connectivity index is 4.48. The van der Waals surface area contributed by atoms with Crippen molar-refractivity contribution in [3.05, 3.63) is 0 Å². The molecule has 0 aromatic rings. The van der Waals surface area contributed by atoms with Crippen LogP contribution in [0.2, 0.25) is 0 Å². The molecule has 0 spiro atoms. The maximum Gasteiger partial charge on any atom is 0.510 e. The number of esters is 1. The fourth-order valence-electron chi connectivity index (χ4n) is 1.66. The molecule has 3 N–H and O–H groups in total. The van der Waals surface area contributed by atoms with E-state index in [1.54, 1.807) is 0 Å². The second kappa shape index (κ2) is 6.98. The van der Waals surface area contributed by atoms with E-state index in [0.29, 0.717) is 6.42 Å². The van der Waals surface area contributed by atoms with Crippen molar-refractivity contribution in [3.8, 4) is 0 Å². The van der Waals surface area contributed by atoms with Gasteiger partial charge in [-0.3, -0.25) is 14.2 Å². The van der Waals surface area contributed by atoms with Gasteiger partial charge in [-0.2, -0.15) is 0 Å². The first-order valence-electron chi connectivity index (χ1n) is 6.35. The lowest BCUT2D eigenvalue weighted by Gasteiger charge is -2.33. The van der Waals surface area contributed by atoms with Crippen LogP contribution in [0.3, 0.4) is 0 Å². The van der Waals surface area contributed by atoms with Crippen molar-refractivity contribution in [2.24, 2.45) is 17.1 Å². The topological polar surface area (TPSA) is 98.9 Å². The molecule has 8 heteroatoms. The van der Waals surface area contributed by atoms with Crippen molar-refractivity contribution in [2.45, 2.75) is 46.6 Å². The van der Waals surface area contributed by atoms with Crippen LogP contribution in [0, 0.1) is 11.3 Å². The van der Waals surface area contributed by atoms with Gasteiger partial charge in [0.05, 0.1) is 12.5 Å². The lowest BCUT2D eigenvalue weighted by molar-refractivity contribution is -0.154. The summed E-state index contributed by atoms with van der Waals surface area (Å²) in [7, 11) is -5.03. The summed E-state index contributed by atoms with van der Waals surface area (Å²) < 4.78 is 31.4. The standard InChI is InChI=1S/C12H25FNO5P/c1-11(2,3)9(8-12(4,5)14)10(15)18-6-7-19-20(13,16)17/h9H,6-8,14H2,1-5H3,(H,16,17). The number of carbonyl (C=O) groups excluding carboxylic acids is 1. The summed E-state index contributed by atoms with van der Waals surface area (Å²) in [5.74, 6) is -0.917. The van der Waals surface area contributed by atoms with E-state index in [4.69, 9.17) is 15.4 Å². The average Bonchev–Trinajstić information content (AvgIpc) is 2.16. The zero-order valence-electron chi connectivity index (χ0n) is 12.7. The lowest BCUT2D eigenvalue weighted by Crippen LogP contribution is -2.41. The highest BCUT2D eigenvalue weighted by Gasteiger charge is 2.36. The maximum atomic E-state index is 12.2. The van der Waals surface area contributed by atoms with E-state index in [1.165, 1.54) is 0 Å². The van der Waals surface area contributed by atoms with Gasteiger partial charge in [-0.05, 0) is 25.7 Å². The number of carbonyl (C=O) groups is 1. The first-order chi connectivity index (χ1) is 8.72. The summed E-state index contributed by atoms with van der Waals surface area (Å²) in [6, 6.07) is 0. The summed E-state index contributed by atoms with van der Waals surface area (Å²) in [6.07, 6.45) is 0.428. The molecule has 0 aliphatic rings. The number of rotatable bonds is 7. The van der Waals surface area contributed by atoms with Crippen LogP contribution in [0.25, 0.3) is 0 Å². The fraction of sp³-hybridized carbons (Fsp3) is 0.917. The fourth-order valence-corrected chi connectivity index (χ4v) is 1.96. The Kier molecular flexibility index (Phi) is 6.81. The van der Waals surface area contributed by atoms with Gasteiger partial charge in [0.2, 0.25) is 0 Å². The van der Waals surface area contributed by atoms with Crippen LogP contribution in [0.4, 0.5) is 4.20 Å². The van der Waals surface area contributed by atoms with Gasteiger partial charge in [-0.25, -0.2) is 4.57 Å². The zero-order valence-corrected chi connectivity index (χ0v) is 13.6. The molecule has 0 heterocycles. The average molecular weight is 313 g/mol. The van der Waals surface area contributed by atoms with Gasteiger partial charge in [-0.15, -0.1) is 4.20 Å². The van der Waals surface area contributed by atoms with Crippen LogP contribution in [-0.2, 0) is 18.6 Å². The van der Waals surface area contributed by atoms with E-state index in [1.807, 2.05) is 34.6 Å². The molecule has 0 rings (SSSR count). The monoisotopic (exact) mass is 313 g/mol. The normalized spacial score (nSPS) is 17.4. The van der Waals surface area contributed by atoms with Gasteiger partial charge in [0.1, 0.15) is 6.61 Å². The number of ether oxygens (including phenoxy) is 1. The highest BCUT2D eigenvalue weighted by Crippen LogP contribution is 2.43. The van der Waals surface area contributed by atoms with Crippen LogP contribution in [-0.4, -0.2) is 29.6 Å². The van der Waals surface area contributed by atoms with E-state index in [9.17, 15) is 13.6 Å². The highest BCUT2D eigenvalue weighted by molar-refractivity contribution is 7.46. The molecule has 6 nitrogen and oxygen atoms in total. The van der Waals surface area contributed by atoms with Gasteiger partial charge in [0.15, 0.2) is 0 Å². The minimum atomic E-state index is -5.03. The Labute approximate surface area is 119 Å². The van der Waals surface area contributed by atoms with Gasteiger partial charge in [0.25, 0.3) is 0 Å². The molecule has 120 valence electrons. The van der Waals surface area contributed by atoms with Gasteiger partial charge in [-0.1, -0.05) is 20.8 Å². The second-order valence-electron chi connectivity index (χ2n) is 6.56. The molecule has 2 atom stereocenters. The van der Waals surface area contributed by atoms with Crippen molar-refractivity contribution in [1.29, 1.82) is 0 Å². The summed E-state index contributed by atoms with van der Waals surface area (Å²) in [4.78, 5) is 20.3. The zero-order chi connectivity index (χ0) is 16.2. The summed E-state index contributed by atoms with van der Waals surface area (Å²) in [5.41, 5.74) is 5.05. The Morgan fingerprint density at radius 2 is 1.80 bits per heavy atom. The number of hydrogen-bond donors (Lipinski definition) is 2. The van der Waals surface area contributed by atoms with Crippen LogP contribution in [0.15, 0.2) is 0 Å². The van der Waals surface area contributed by atoms with Crippen molar-refractivity contribution in [3.63, 3.8) is 0 Å². The molecule has 0 aromatic heterocycles. The molecule has 0 bridgehead atoms. The highest BCUT2D eigenvalue weighted by atomic mass is 31.2. The van der Waals surface area contributed by atoms with Gasteiger partial charge < -0.3 is 10.5 Å². The Bertz CT molecular complexity index is 369. The van der Waals surface area contributed by atoms with E-state index in [0.717, 1.165) is 0 Å². The van der Waals surface area contributed by atoms with E-state index >= 15 is 0 Å². The summed E-state index contributed by atoms with van der Waals surface area (Å²) >= 11 is 0. The molecule has 0 aliphatic heterocycles. The van der Waals surface area contributed by atoms with Crippen molar-refractivity contribution >= 4 is 13.9 Å². The SMILES string of the molecule is CC(C)(N)CC(C(=O)OCCOP(=O)(O)F)C(C)(C)C. The third-order valence-corrected chi connectivity index (χ3v) is 3.14. The van der Waals surface area contributed by atoms with Crippen LogP contribution in [0.1, 0.15) is 41.0 Å². The molecular weight excluding hydrogens is 288 g/mol. The van der Waals surface area contributed by atoms with Crippen LogP contribution < -0.4 is 5.73 Å². The van der Waals surface area contributed by atoms with Crippen LogP contribution >= 0.6 is 7.91 Å². The molecule has 0 aliphatic carbocycles. The molecule has 0 saturated carbocycles. The van der Waals surface area contributed by atoms with Crippen LogP contribution in [0.5, 0.6) is 0 Å². The Morgan fingerprint density at radius 1 is 1.30 bits per heavy atom. The first kappa shape index (κ1) is 19.5. The summed E-state index contributed by atoms with van der Waals surface area (Å²) in [6.45, 7) is 8.55. The third kappa shape index (κ3) is 9.42. The van der Waals surface area contributed by atoms with Gasteiger partial charge in [0, 0.05) is 5.54 Å². The minimum absolute atomic E-state index is 0.287. The molecular formula is C12H25FNO5P. The molecule has 0 fully saturated rings. The van der Waals surface area contributed by atoms with E-state index in [-0.39, 0.29) is 12.0 Å². The number of hydrogen-bond acceptors (Lipinski definition) is 5. The largest absolute Gasteiger partial charge is 0.510 e. The van der Waals surface area contributed by atoms with Crippen molar-refractivity contribution < 1.29 is 27.7 Å². The molecule has 2 unspecified atom stereocenters. The quantitative estimate of drug-likeness (QED) is 0.425. The first-order valence-corrected chi connectivity index (χ1v) is 7.82. The van der Waals surface area contributed by atoms with Crippen molar-refractivity contribution in [2.75, 3.05) is 13.2 Å². The Morgan fingerprint density at radius 3 is 2.15 bits per heavy atom. The smallest absolute Gasteiger partial charge is 0.463 e. The van der Waals surface area contributed by atoms with E-state index < -0.39 is 31.9 Å². The summed E-state index contributed by atoms with van der Waals surface area (Å²) in [5, 5.41) is 0. The number of nitrogens with two attached hydrogens (primary N) is 1. The molecule has 20 heavy (non-hydrogen) atoms. The molecule has 0 saturated heterocycles. The predicted octanol–water partition coefficient (Wildman–Crippen LogP) is 2.41. The van der Waals surface area contributed by atoms with Crippen molar-refractivity contribution in [1.82, 2.24) is 0 Å². The van der Waals surface area contributed by atoms with Gasteiger partial charge >= 0.3 is 13.9 Å².